The van der Waals surface area contributed by atoms with E-state index >= 15 is 0 Å². The molecule has 0 aliphatic heterocycles. The average molecular weight is 259 g/mol. The minimum absolute atomic E-state index is 0.325. The minimum Gasteiger partial charge on any atom is -0.367 e. The highest BCUT2D eigenvalue weighted by Crippen LogP contribution is 2.14. The van der Waals surface area contributed by atoms with Crippen molar-refractivity contribution in [2.45, 2.75) is 19.8 Å². The van der Waals surface area contributed by atoms with Gasteiger partial charge in [0.05, 0.1) is 5.01 Å². The molecule has 2 heterocycles. The maximum Gasteiger partial charge on any atom is 0.182 e. The molecule has 2 aromatic rings. The van der Waals surface area contributed by atoms with Crippen LogP contribution in [0.15, 0.2) is 18.6 Å². The van der Waals surface area contributed by atoms with Crippen LogP contribution in [-0.2, 0) is 12.8 Å². The van der Waals surface area contributed by atoms with Gasteiger partial charge >= 0.3 is 0 Å². The van der Waals surface area contributed by atoms with Gasteiger partial charge in [0.15, 0.2) is 11.5 Å². The van der Waals surface area contributed by atoms with E-state index in [0.29, 0.717) is 18.1 Å². The van der Waals surface area contributed by atoms with Crippen LogP contribution in [0.4, 0.5) is 5.82 Å². The number of thiazole rings is 1. The molecule has 2 rings (SSSR count). The molecule has 0 bridgehead atoms. The Labute approximate surface area is 110 Å². The van der Waals surface area contributed by atoms with Gasteiger partial charge < -0.3 is 5.32 Å². The Morgan fingerprint density at radius 1 is 1.33 bits per heavy atom. The van der Waals surface area contributed by atoms with Crippen molar-refractivity contribution in [1.82, 2.24) is 15.0 Å². The zero-order chi connectivity index (χ0) is 12.8. The monoisotopic (exact) mass is 259 g/mol. The number of anilines is 1. The summed E-state index contributed by atoms with van der Waals surface area (Å²) in [5.41, 5.74) is 0.325. The molecule has 0 spiro atoms. The number of nitrogens with one attached hydrogen (secondary N) is 1. The van der Waals surface area contributed by atoms with Gasteiger partial charge in [-0.3, -0.25) is 0 Å². The van der Waals surface area contributed by atoms with E-state index < -0.39 is 0 Å². The molecule has 0 fully saturated rings. The number of nitrogens with zero attached hydrogens (tertiary/aromatic N) is 4. The largest absolute Gasteiger partial charge is 0.367 e. The Hall–Kier alpha value is -2.00. The number of hydrogen-bond donors (Lipinski definition) is 1. The summed E-state index contributed by atoms with van der Waals surface area (Å²) in [6.45, 7) is 2.82. The molecule has 1 N–H and O–H groups in total. The Kier molecular flexibility index (Phi) is 4.20. The molecule has 0 radical (unpaired) electrons. The number of hydrogen-bond acceptors (Lipinski definition) is 6. The SMILES string of the molecule is CCc1cnc(CCNc2nccnc2C#N)s1. The molecule has 5 nitrogen and oxygen atoms in total. The second kappa shape index (κ2) is 6.07. The van der Waals surface area contributed by atoms with Gasteiger partial charge in [-0.25, -0.2) is 15.0 Å². The highest BCUT2D eigenvalue weighted by molar-refractivity contribution is 7.11. The highest BCUT2D eigenvalue weighted by atomic mass is 32.1. The van der Waals surface area contributed by atoms with Gasteiger partial charge in [-0.1, -0.05) is 6.92 Å². The Morgan fingerprint density at radius 3 is 2.89 bits per heavy atom. The van der Waals surface area contributed by atoms with Crippen molar-refractivity contribution in [3.63, 3.8) is 0 Å². The first-order chi connectivity index (χ1) is 8.83. The second-order valence-electron chi connectivity index (χ2n) is 3.62. The van der Waals surface area contributed by atoms with Crippen LogP contribution >= 0.6 is 11.3 Å². The molecule has 0 atom stereocenters. The van der Waals surface area contributed by atoms with Gasteiger partial charge in [-0.15, -0.1) is 11.3 Å². The van der Waals surface area contributed by atoms with Gasteiger partial charge in [-0.05, 0) is 6.42 Å². The van der Waals surface area contributed by atoms with Gasteiger partial charge in [-0.2, -0.15) is 5.26 Å². The quantitative estimate of drug-likeness (QED) is 0.889. The molecule has 0 aliphatic rings. The number of aryl methyl sites for hydroxylation is 1. The van der Waals surface area contributed by atoms with E-state index in [4.69, 9.17) is 5.26 Å². The van der Waals surface area contributed by atoms with Crippen LogP contribution in [0.3, 0.4) is 0 Å². The van der Waals surface area contributed by atoms with E-state index in [0.717, 1.165) is 17.8 Å². The van der Waals surface area contributed by atoms with E-state index in [-0.39, 0.29) is 0 Å². The average Bonchev–Trinajstić information content (AvgIpc) is 2.87. The second-order valence-corrected chi connectivity index (χ2v) is 4.82. The standard InChI is InChI=1S/C12H13N5S/c1-2-9-8-17-11(18-9)3-4-15-12-10(7-13)14-5-6-16-12/h5-6,8H,2-4H2,1H3,(H,15,16). The maximum atomic E-state index is 8.87. The lowest BCUT2D eigenvalue weighted by atomic mass is 10.4. The van der Waals surface area contributed by atoms with E-state index in [1.807, 2.05) is 12.3 Å². The number of rotatable bonds is 5. The van der Waals surface area contributed by atoms with Crippen LogP contribution in [-0.4, -0.2) is 21.5 Å². The lowest BCUT2D eigenvalue weighted by molar-refractivity contribution is 0.978. The summed E-state index contributed by atoms with van der Waals surface area (Å²) >= 11 is 1.73. The molecule has 6 heteroatoms. The minimum atomic E-state index is 0.325. The summed E-state index contributed by atoms with van der Waals surface area (Å²) in [5.74, 6) is 0.535. The molecule has 92 valence electrons. The molecule has 18 heavy (non-hydrogen) atoms. The van der Waals surface area contributed by atoms with Gasteiger partial charge in [0, 0.05) is 36.4 Å². The number of nitriles is 1. The molecule has 0 amide bonds. The van der Waals surface area contributed by atoms with E-state index in [9.17, 15) is 0 Å². The third-order valence-electron chi connectivity index (χ3n) is 2.39. The van der Waals surface area contributed by atoms with Gasteiger partial charge in [0.2, 0.25) is 0 Å². The number of aromatic nitrogens is 3. The van der Waals surface area contributed by atoms with Crippen LogP contribution < -0.4 is 5.32 Å². The fourth-order valence-electron chi connectivity index (χ4n) is 1.46. The van der Waals surface area contributed by atoms with Crippen LogP contribution in [0, 0.1) is 11.3 Å². The first-order valence-corrected chi connectivity index (χ1v) is 6.53. The van der Waals surface area contributed by atoms with E-state index in [2.05, 4.69) is 27.2 Å². The molecule has 0 aliphatic carbocycles. The van der Waals surface area contributed by atoms with Gasteiger partial charge in [0.25, 0.3) is 0 Å². The molecular formula is C12H13N5S. The van der Waals surface area contributed by atoms with E-state index in [1.165, 1.54) is 11.1 Å². The predicted octanol–water partition coefficient (Wildman–Crippen LogP) is 2.02. The van der Waals surface area contributed by atoms with Crippen LogP contribution in [0.1, 0.15) is 22.5 Å². The molecule has 2 aromatic heterocycles. The van der Waals surface area contributed by atoms with Crippen LogP contribution in [0.5, 0.6) is 0 Å². The lowest BCUT2D eigenvalue weighted by Crippen LogP contribution is -2.08. The van der Waals surface area contributed by atoms with Crippen molar-refractivity contribution in [3.05, 3.63) is 34.2 Å². The van der Waals surface area contributed by atoms with Gasteiger partial charge in [0.1, 0.15) is 6.07 Å². The normalized spacial score (nSPS) is 10.0. The fraction of sp³-hybridized carbons (Fsp3) is 0.333. The topological polar surface area (TPSA) is 74.5 Å². The molecule has 0 aromatic carbocycles. The molecule has 0 saturated carbocycles. The Morgan fingerprint density at radius 2 is 2.17 bits per heavy atom. The van der Waals surface area contributed by atoms with Crippen molar-refractivity contribution in [2.75, 3.05) is 11.9 Å². The first-order valence-electron chi connectivity index (χ1n) is 5.72. The Bertz CT molecular complexity index is 558. The van der Waals surface area contributed by atoms with Crippen LogP contribution in [0.2, 0.25) is 0 Å². The van der Waals surface area contributed by atoms with Crippen LogP contribution in [0.25, 0.3) is 0 Å². The predicted molar refractivity (Wildman–Crippen MR) is 70.4 cm³/mol. The lowest BCUT2D eigenvalue weighted by Gasteiger charge is -2.04. The summed E-state index contributed by atoms with van der Waals surface area (Å²) in [6.07, 6.45) is 6.85. The summed E-state index contributed by atoms with van der Waals surface area (Å²) in [4.78, 5) is 13.7. The maximum absolute atomic E-state index is 8.87. The zero-order valence-corrected chi connectivity index (χ0v) is 10.9. The van der Waals surface area contributed by atoms with E-state index in [1.54, 1.807) is 17.5 Å². The first kappa shape index (κ1) is 12.5. The summed E-state index contributed by atoms with van der Waals surface area (Å²) in [7, 11) is 0. The fourth-order valence-corrected chi connectivity index (χ4v) is 2.33. The third kappa shape index (κ3) is 3.02. The molecule has 0 unspecified atom stereocenters. The van der Waals surface area contributed by atoms with Crippen molar-refractivity contribution >= 4 is 17.2 Å². The Balaban J connectivity index is 1.90. The molecule has 0 saturated heterocycles. The zero-order valence-electron chi connectivity index (χ0n) is 10.1. The highest BCUT2D eigenvalue weighted by Gasteiger charge is 2.04. The van der Waals surface area contributed by atoms with Crippen molar-refractivity contribution in [2.24, 2.45) is 0 Å². The summed E-state index contributed by atoms with van der Waals surface area (Å²) < 4.78 is 0. The van der Waals surface area contributed by atoms with Crippen molar-refractivity contribution < 1.29 is 0 Å². The smallest absolute Gasteiger partial charge is 0.182 e. The molecular weight excluding hydrogens is 246 g/mol. The third-order valence-corrected chi connectivity index (χ3v) is 3.59. The van der Waals surface area contributed by atoms with Crippen molar-refractivity contribution in [3.8, 4) is 6.07 Å². The summed E-state index contributed by atoms with van der Waals surface area (Å²) in [5, 5.41) is 13.1. The van der Waals surface area contributed by atoms with Crippen molar-refractivity contribution in [1.29, 1.82) is 5.26 Å². The summed E-state index contributed by atoms with van der Waals surface area (Å²) in [6, 6.07) is 2.01.